The normalized spacial score (nSPS) is 23.8. The molecule has 20 heavy (non-hydrogen) atoms. The molecule has 4 heteroatoms. The molecule has 0 amide bonds. The van der Waals surface area contributed by atoms with E-state index in [4.69, 9.17) is 5.11 Å². The van der Waals surface area contributed by atoms with E-state index in [0.29, 0.717) is 5.56 Å². The van der Waals surface area contributed by atoms with Crippen LogP contribution in [-0.2, 0) is 6.54 Å². The van der Waals surface area contributed by atoms with Crippen molar-refractivity contribution < 1.29 is 9.90 Å². The van der Waals surface area contributed by atoms with Crippen LogP contribution < -0.4 is 0 Å². The Labute approximate surface area is 120 Å². The number of nitrogens with zero attached hydrogens (tertiary/aromatic N) is 2. The summed E-state index contributed by atoms with van der Waals surface area (Å²) in [6.07, 6.45) is 2.66. The molecule has 0 saturated carbocycles. The molecule has 1 aromatic carbocycles. The SMILES string of the molecule is Cc1cc(C(=O)O)ccc1CN1CCN2CCCC2C1. The molecule has 0 radical (unpaired) electrons. The predicted octanol–water partition coefficient (Wildman–Crippen LogP) is 1.97. The maximum absolute atomic E-state index is 11.0. The van der Waals surface area contributed by atoms with Gasteiger partial charge in [0.2, 0.25) is 0 Å². The number of aromatic carboxylic acids is 1. The summed E-state index contributed by atoms with van der Waals surface area (Å²) >= 11 is 0. The molecule has 2 aliphatic heterocycles. The molecule has 4 nitrogen and oxygen atoms in total. The van der Waals surface area contributed by atoms with Gasteiger partial charge in [-0.05, 0) is 49.6 Å². The van der Waals surface area contributed by atoms with E-state index in [1.807, 2.05) is 13.0 Å². The number of rotatable bonds is 3. The number of carboxylic acid groups (broad SMARTS) is 1. The fourth-order valence-electron chi connectivity index (χ4n) is 3.45. The van der Waals surface area contributed by atoms with Crippen molar-refractivity contribution >= 4 is 5.97 Å². The van der Waals surface area contributed by atoms with E-state index < -0.39 is 5.97 Å². The van der Waals surface area contributed by atoms with Gasteiger partial charge in [0.05, 0.1) is 5.56 Å². The van der Waals surface area contributed by atoms with Crippen LogP contribution in [0.5, 0.6) is 0 Å². The molecule has 1 unspecified atom stereocenters. The minimum Gasteiger partial charge on any atom is -0.478 e. The average Bonchev–Trinajstić information content (AvgIpc) is 2.88. The summed E-state index contributed by atoms with van der Waals surface area (Å²) in [7, 11) is 0. The van der Waals surface area contributed by atoms with Gasteiger partial charge in [0.1, 0.15) is 0 Å². The Bertz CT molecular complexity index is 515. The smallest absolute Gasteiger partial charge is 0.335 e. The van der Waals surface area contributed by atoms with Crippen LogP contribution in [0, 0.1) is 6.92 Å². The summed E-state index contributed by atoms with van der Waals surface area (Å²) in [5, 5.41) is 9.01. The van der Waals surface area contributed by atoms with Crippen LogP contribution in [0.1, 0.15) is 34.3 Å². The Kier molecular flexibility index (Phi) is 3.76. The molecule has 0 spiro atoms. The molecule has 3 rings (SSSR count). The second-order valence-corrected chi connectivity index (χ2v) is 6.01. The van der Waals surface area contributed by atoms with E-state index in [-0.39, 0.29) is 0 Å². The fourth-order valence-corrected chi connectivity index (χ4v) is 3.45. The lowest BCUT2D eigenvalue weighted by Gasteiger charge is -2.37. The Morgan fingerprint density at radius 2 is 2.20 bits per heavy atom. The van der Waals surface area contributed by atoms with E-state index in [0.717, 1.165) is 31.2 Å². The number of hydrogen-bond acceptors (Lipinski definition) is 3. The molecular formula is C16H22N2O2. The van der Waals surface area contributed by atoms with Crippen molar-refractivity contribution in [1.29, 1.82) is 0 Å². The highest BCUT2D eigenvalue weighted by molar-refractivity contribution is 5.87. The number of carbonyl (C=O) groups is 1. The van der Waals surface area contributed by atoms with Gasteiger partial charge in [-0.3, -0.25) is 9.80 Å². The quantitative estimate of drug-likeness (QED) is 0.915. The standard InChI is InChI=1S/C16H22N2O2/c1-12-9-13(16(19)20)4-5-14(12)10-17-7-8-18-6-2-3-15(18)11-17/h4-5,9,15H,2-3,6-8,10-11H2,1H3,(H,19,20). The van der Waals surface area contributed by atoms with Crippen molar-refractivity contribution in [2.24, 2.45) is 0 Å². The topological polar surface area (TPSA) is 43.8 Å². The maximum Gasteiger partial charge on any atom is 0.335 e. The first-order valence-electron chi connectivity index (χ1n) is 7.43. The molecular weight excluding hydrogens is 252 g/mol. The van der Waals surface area contributed by atoms with Crippen molar-refractivity contribution in [2.75, 3.05) is 26.2 Å². The highest BCUT2D eigenvalue weighted by Gasteiger charge is 2.30. The number of benzene rings is 1. The zero-order chi connectivity index (χ0) is 14.1. The van der Waals surface area contributed by atoms with E-state index in [2.05, 4.69) is 9.80 Å². The van der Waals surface area contributed by atoms with Crippen LogP contribution in [0.2, 0.25) is 0 Å². The molecule has 1 N–H and O–H groups in total. The number of carboxylic acids is 1. The maximum atomic E-state index is 11.0. The lowest BCUT2D eigenvalue weighted by molar-refractivity contribution is 0.0696. The van der Waals surface area contributed by atoms with E-state index in [1.54, 1.807) is 12.1 Å². The summed E-state index contributed by atoms with van der Waals surface area (Å²) in [6.45, 7) is 7.67. The van der Waals surface area contributed by atoms with Gasteiger partial charge in [-0.2, -0.15) is 0 Å². The summed E-state index contributed by atoms with van der Waals surface area (Å²) in [6, 6.07) is 6.21. The molecule has 1 atom stereocenters. The number of aryl methyl sites for hydroxylation is 1. The lowest BCUT2D eigenvalue weighted by Crippen LogP contribution is -2.49. The van der Waals surface area contributed by atoms with Crippen LogP contribution in [0.3, 0.4) is 0 Å². The first kappa shape index (κ1) is 13.6. The molecule has 0 bridgehead atoms. The number of fused-ring (bicyclic) bond motifs is 1. The van der Waals surface area contributed by atoms with Gasteiger partial charge in [-0.25, -0.2) is 4.79 Å². The summed E-state index contributed by atoms with van der Waals surface area (Å²) in [5.74, 6) is -0.848. The van der Waals surface area contributed by atoms with Crippen LogP contribution >= 0.6 is 0 Å². The second kappa shape index (κ2) is 5.54. The predicted molar refractivity (Wildman–Crippen MR) is 78.0 cm³/mol. The van der Waals surface area contributed by atoms with Crippen LogP contribution in [-0.4, -0.2) is 53.1 Å². The molecule has 1 aromatic rings. The highest BCUT2D eigenvalue weighted by atomic mass is 16.4. The second-order valence-electron chi connectivity index (χ2n) is 6.01. The summed E-state index contributed by atoms with van der Waals surface area (Å²) in [5.41, 5.74) is 2.71. The minimum absolute atomic E-state index is 0.381. The van der Waals surface area contributed by atoms with Gasteiger partial charge in [0.25, 0.3) is 0 Å². The Morgan fingerprint density at radius 1 is 1.35 bits per heavy atom. The van der Waals surface area contributed by atoms with Crippen molar-refractivity contribution in [1.82, 2.24) is 9.80 Å². The number of hydrogen-bond donors (Lipinski definition) is 1. The molecule has 0 aliphatic carbocycles. The van der Waals surface area contributed by atoms with Crippen LogP contribution in [0.4, 0.5) is 0 Å². The molecule has 2 saturated heterocycles. The van der Waals surface area contributed by atoms with E-state index in [9.17, 15) is 4.79 Å². The number of piperazine rings is 1. The lowest BCUT2D eigenvalue weighted by atomic mass is 10.0. The van der Waals surface area contributed by atoms with Crippen LogP contribution in [0.15, 0.2) is 18.2 Å². The molecule has 2 heterocycles. The molecule has 0 aromatic heterocycles. The van der Waals surface area contributed by atoms with Crippen molar-refractivity contribution in [3.8, 4) is 0 Å². The summed E-state index contributed by atoms with van der Waals surface area (Å²) < 4.78 is 0. The largest absolute Gasteiger partial charge is 0.478 e. The van der Waals surface area contributed by atoms with Crippen molar-refractivity contribution in [2.45, 2.75) is 32.4 Å². The Hall–Kier alpha value is -1.39. The van der Waals surface area contributed by atoms with Gasteiger partial charge < -0.3 is 5.11 Å². The fraction of sp³-hybridized carbons (Fsp3) is 0.562. The Morgan fingerprint density at radius 3 is 2.95 bits per heavy atom. The zero-order valence-corrected chi connectivity index (χ0v) is 12.0. The van der Waals surface area contributed by atoms with E-state index >= 15 is 0 Å². The third-order valence-electron chi connectivity index (χ3n) is 4.65. The van der Waals surface area contributed by atoms with Gasteiger partial charge in [-0.15, -0.1) is 0 Å². The molecule has 2 fully saturated rings. The third-order valence-corrected chi connectivity index (χ3v) is 4.65. The minimum atomic E-state index is -0.848. The third kappa shape index (κ3) is 2.72. The van der Waals surface area contributed by atoms with Gasteiger partial charge in [-0.1, -0.05) is 6.07 Å². The van der Waals surface area contributed by atoms with Gasteiger partial charge in [0, 0.05) is 32.2 Å². The van der Waals surface area contributed by atoms with E-state index in [1.165, 1.54) is 31.5 Å². The average molecular weight is 274 g/mol. The zero-order valence-electron chi connectivity index (χ0n) is 12.0. The first-order valence-corrected chi connectivity index (χ1v) is 7.43. The Balaban J connectivity index is 1.67. The van der Waals surface area contributed by atoms with Gasteiger partial charge in [0.15, 0.2) is 0 Å². The van der Waals surface area contributed by atoms with Crippen molar-refractivity contribution in [3.05, 3.63) is 34.9 Å². The summed E-state index contributed by atoms with van der Waals surface area (Å²) in [4.78, 5) is 16.1. The molecule has 108 valence electrons. The molecule has 2 aliphatic rings. The van der Waals surface area contributed by atoms with Crippen LogP contribution in [0.25, 0.3) is 0 Å². The monoisotopic (exact) mass is 274 g/mol. The highest BCUT2D eigenvalue weighted by Crippen LogP contribution is 2.23. The van der Waals surface area contributed by atoms with Crippen molar-refractivity contribution in [3.63, 3.8) is 0 Å². The van der Waals surface area contributed by atoms with Gasteiger partial charge >= 0.3 is 5.97 Å². The first-order chi connectivity index (χ1) is 9.63.